The number of rotatable bonds is 5. The van der Waals surface area contributed by atoms with Crippen LogP contribution in [0.5, 0.6) is 0 Å². The molecule has 1 saturated carbocycles. The summed E-state index contributed by atoms with van der Waals surface area (Å²) in [7, 11) is 0. The molecule has 2 rings (SSSR count). The summed E-state index contributed by atoms with van der Waals surface area (Å²) >= 11 is 0. The molecule has 3 unspecified atom stereocenters. The number of carbonyl (C=O) groups is 3. The van der Waals surface area contributed by atoms with Crippen molar-refractivity contribution in [3.05, 3.63) is 12.7 Å². The molecule has 2 aliphatic rings. The largest absolute Gasteiger partial charge is 0.456 e. The summed E-state index contributed by atoms with van der Waals surface area (Å²) in [5.74, 6) is -2.01. The van der Waals surface area contributed by atoms with E-state index in [0.29, 0.717) is 12.8 Å². The van der Waals surface area contributed by atoms with E-state index in [4.69, 9.17) is 14.2 Å². The van der Waals surface area contributed by atoms with Crippen LogP contribution in [0, 0.1) is 22.7 Å². The molecule has 0 aromatic rings. The molecule has 1 saturated heterocycles. The van der Waals surface area contributed by atoms with Crippen LogP contribution in [-0.4, -0.2) is 35.2 Å². The van der Waals surface area contributed by atoms with E-state index in [1.807, 2.05) is 6.07 Å². The molecule has 7 nitrogen and oxygen atoms in total. The molecular formula is C18H23NO6. The van der Waals surface area contributed by atoms with Crippen molar-refractivity contribution in [1.82, 2.24) is 0 Å². The minimum atomic E-state index is -1.42. The van der Waals surface area contributed by atoms with Gasteiger partial charge in [0.25, 0.3) is 0 Å². The van der Waals surface area contributed by atoms with Crippen LogP contribution in [0.1, 0.15) is 47.0 Å². The second-order valence-electron chi connectivity index (χ2n) is 7.56. The first-order valence-corrected chi connectivity index (χ1v) is 8.19. The summed E-state index contributed by atoms with van der Waals surface area (Å²) < 4.78 is 16.1. The SMILES string of the molecule is C=CC(=O)OC(C)(C)C(C)(C)C(=O)OC1CCC2CC1(C#N)OC2=O. The van der Waals surface area contributed by atoms with E-state index in [-0.39, 0.29) is 12.3 Å². The van der Waals surface area contributed by atoms with Gasteiger partial charge in [0.2, 0.25) is 5.60 Å². The summed E-state index contributed by atoms with van der Waals surface area (Å²) in [6, 6.07) is 2.01. The van der Waals surface area contributed by atoms with E-state index in [1.54, 1.807) is 27.7 Å². The normalized spacial score (nSPS) is 28.5. The van der Waals surface area contributed by atoms with Crippen LogP contribution in [-0.2, 0) is 28.6 Å². The number of esters is 3. The maximum atomic E-state index is 12.8. The Kier molecular flexibility index (Phi) is 4.69. The van der Waals surface area contributed by atoms with Gasteiger partial charge >= 0.3 is 17.9 Å². The van der Waals surface area contributed by atoms with Crippen molar-refractivity contribution in [2.24, 2.45) is 11.3 Å². The average Bonchev–Trinajstić information content (AvgIpc) is 2.81. The van der Waals surface area contributed by atoms with Crippen molar-refractivity contribution in [3.8, 4) is 6.07 Å². The Morgan fingerprint density at radius 2 is 2.00 bits per heavy atom. The molecule has 136 valence electrons. The standard InChI is InChI=1S/C18H23NO6/c1-6-13(20)24-17(4,5)16(2,3)15(22)23-12-8-7-11-9-18(12,10-19)25-14(11)21/h6,11-12H,1,7-9H2,2-5H3. The molecule has 0 aromatic heterocycles. The third-order valence-electron chi connectivity index (χ3n) is 5.44. The Morgan fingerprint density at radius 3 is 2.56 bits per heavy atom. The van der Waals surface area contributed by atoms with Crippen LogP contribution >= 0.6 is 0 Å². The van der Waals surface area contributed by atoms with Crippen LogP contribution in [0.25, 0.3) is 0 Å². The fourth-order valence-electron chi connectivity index (χ4n) is 2.99. The molecule has 1 aliphatic heterocycles. The summed E-state index contributed by atoms with van der Waals surface area (Å²) in [5, 5.41) is 9.48. The van der Waals surface area contributed by atoms with Crippen molar-refractivity contribution in [2.75, 3.05) is 0 Å². The van der Waals surface area contributed by atoms with Gasteiger partial charge in [-0.2, -0.15) is 5.26 Å². The predicted octanol–water partition coefficient (Wildman–Crippen LogP) is 2.05. The molecule has 25 heavy (non-hydrogen) atoms. The molecule has 2 fully saturated rings. The van der Waals surface area contributed by atoms with Gasteiger partial charge in [0.15, 0.2) is 6.10 Å². The van der Waals surface area contributed by atoms with Gasteiger partial charge in [0.1, 0.15) is 17.1 Å². The first-order valence-electron chi connectivity index (χ1n) is 8.19. The van der Waals surface area contributed by atoms with E-state index >= 15 is 0 Å². The van der Waals surface area contributed by atoms with E-state index in [2.05, 4.69) is 6.58 Å². The lowest BCUT2D eigenvalue weighted by molar-refractivity contribution is -0.193. The minimum absolute atomic E-state index is 0.232. The van der Waals surface area contributed by atoms with Gasteiger partial charge in [-0.1, -0.05) is 6.58 Å². The molecule has 0 radical (unpaired) electrons. The van der Waals surface area contributed by atoms with Gasteiger partial charge in [-0.25, -0.2) is 4.79 Å². The minimum Gasteiger partial charge on any atom is -0.456 e. The smallest absolute Gasteiger partial charge is 0.330 e. The van der Waals surface area contributed by atoms with Crippen molar-refractivity contribution in [2.45, 2.75) is 64.3 Å². The van der Waals surface area contributed by atoms with E-state index in [9.17, 15) is 19.6 Å². The highest BCUT2D eigenvalue weighted by Crippen LogP contribution is 2.45. The quantitative estimate of drug-likeness (QED) is 0.425. The summed E-state index contributed by atoms with van der Waals surface area (Å²) in [6.07, 6.45) is 1.30. The Hall–Kier alpha value is -2.36. The molecule has 0 N–H and O–H groups in total. The van der Waals surface area contributed by atoms with Crippen molar-refractivity contribution in [1.29, 1.82) is 5.26 Å². The number of ether oxygens (including phenoxy) is 3. The van der Waals surface area contributed by atoms with E-state index in [0.717, 1.165) is 6.08 Å². The molecule has 3 atom stereocenters. The first-order chi connectivity index (χ1) is 11.5. The maximum absolute atomic E-state index is 12.8. The number of nitrogens with zero attached hydrogens (tertiary/aromatic N) is 1. The topological polar surface area (TPSA) is 103 Å². The van der Waals surface area contributed by atoms with Gasteiger partial charge in [-0.3, -0.25) is 9.59 Å². The van der Waals surface area contributed by atoms with Gasteiger partial charge in [-0.15, -0.1) is 0 Å². The van der Waals surface area contributed by atoms with E-state index < -0.39 is 40.6 Å². The van der Waals surface area contributed by atoms with Crippen molar-refractivity contribution < 1.29 is 28.6 Å². The third-order valence-corrected chi connectivity index (χ3v) is 5.44. The zero-order valence-corrected chi connectivity index (χ0v) is 15.0. The first kappa shape index (κ1) is 19.0. The Bertz CT molecular complexity index is 659. The molecule has 0 aromatic carbocycles. The lowest BCUT2D eigenvalue weighted by atomic mass is 9.76. The third kappa shape index (κ3) is 3.13. The molecular weight excluding hydrogens is 326 g/mol. The van der Waals surface area contributed by atoms with Gasteiger partial charge in [-0.05, 0) is 40.5 Å². The lowest BCUT2D eigenvalue weighted by Gasteiger charge is -2.40. The van der Waals surface area contributed by atoms with Crippen LogP contribution in [0.4, 0.5) is 0 Å². The predicted molar refractivity (Wildman–Crippen MR) is 85.8 cm³/mol. The van der Waals surface area contributed by atoms with Crippen molar-refractivity contribution in [3.63, 3.8) is 0 Å². The zero-order chi connectivity index (χ0) is 19.0. The van der Waals surface area contributed by atoms with Crippen LogP contribution in [0.3, 0.4) is 0 Å². The van der Waals surface area contributed by atoms with E-state index in [1.165, 1.54) is 0 Å². The van der Waals surface area contributed by atoms with Gasteiger partial charge < -0.3 is 14.2 Å². The van der Waals surface area contributed by atoms with Gasteiger partial charge in [0.05, 0.1) is 5.92 Å². The summed E-state index contributed by atoms with van der Waals surface area (Å²) in [6.45, 7) is 9.73. The van der Waals surface area contributed by atoms with Gasteiger partial charge in [0, 0.05) is 12.5 Å². The average molecular weight is 349 g/mol. The van der Waals surface area contributed by atoms with Crippen molar-refractivity contribution >= 4 is 17.9 Å². The molecule has 1 heterocycles. The monoisotopic (exact) mass is 349 g/mol. The number of hydrogen-bond donors (Lipinski definition) is 0. The Labute approximate surface area is 146 Å². The number of nitriles is 1. The van der Waals surface area contributed by atoms with Crippen LogP contribution in [0.2, 0.25) is 0 Å². The Morgan fingerprint density at radius 1 is 1.36 bits per heavy atom. The second kappa shape index (κ2) is 6.17. The lowest BCUT2D eigenvalue weighted by Crippen LogP contribution is -2.52. The molecule has 0 spiro atoms. The number of fused-ring (bicyclic) bond motifs is 2. The van der Waals surface area contributed by atoms with Crippen LogP contribution in [0.15, 0.2) is 12.7 Å². The molecule has 0 amide bonds. The fourth-order valence-corrected chi connectivity index (χ4v) is 2.99. The molecule has 7 heteroatoms. The highest BCUT2D eigenvalue weighted by molar-refractivity contribution is 5.83. The molecule has 2 bridgehead atoms. The highest BCUT2D eigenvalue weighted by Gasteiger charge is 2.59. The summed E-state index contributed by atoms with van der Waals surface area (Å²) in [5.41, 5.74) is -3.78. The fraction of sp³-hybridized carbons (Fsp3) is 0.667. The molecule has 1 aliphatic carbocycles. The maximum Gasteiger partial charge on any atom is 0.330 e. The zero-order valence-electron chi connectivity index (χ0n) is 15.0. The number of hydrogen-bond acceptors (Lipinski definition) is 7. The highest BCUT2D eigenvalue weighted by atomic mass is 16.6. The Balaban J connectivity index is 2.18. The second-order valence-corrected chi connectivity index (χ2v) is 7.56. The summed E-state index contributed by atoms with van der Waals surface area (Å²) in [4.78, 5) is 36.1. The number of carbonyl (C=O) groups excluding carboxylic acids is 3. The van der Waals surface area contributed by atoms with Crippen LogP contribution < -0.4 is 0 Å².